The van der Waals surface area contributed by atoms with Gasteiger partial charge in [0, 0.05) is 6.92 Å². The van der Waals surface area contributed by atoms with E-state index < -0.39 is 0 Å². The molecule has 2 aromatic carbocycles. The van der Waals surface area contributed by atoms with E-state index in [2.05, 4.69) is 24.5 Å². The van der Waals surface area contributed by atoms with E-state index in [4.69, 9.17) is 0 Å². The lowest BCUT2D eigenvalue weighted by atomic mass is 9.96. The third-order valence-corrected chi connectivity index (χ3v) is 4.21. The maximum absolute atomic E-state index is 12.7. The fraction of sp³-hybridized carbons (Fsp3) is 0.364. The third-order valence-electron chi connectivity index (χ3n) is 4.21. The standard InChI is InChI=1S/C22H28N2O2/c1-16(2)14-20(18-10-6-4-7-11-18)24-22(26)15-21(23-17(3)25)19-12-8-5-9-13-19/h4-13,16,20-21H,14-15H2,1-3H3,(H,23,25)(H,24,26). The SMILES string of the molecule is CC(=O)NC(CC(=O)NC(CC(C)C)c1ccccc1)c1ccccc1. The molecule has 2 atom stereocenters. The molecule has 4 heteroatoms. The topological polar surface area (TPSA) is 58.2 Å². The summed E-state index contributed by atoms with van der Waals surface area (Å²) in [6.07, 6.45) is 1.08. The molecule has 2 amide bonds. The van der Waals surface area contributed by atoms with Crippen molar-refractivity contribution in [1.29, 1.82) is 0 Å². The summed E-state index contributed by atoms with van der Waals surface area (Å²) >= 11 is 0. The molecule has 0 spiro atoms. The molecule has 2 aromatic rings. The average molecular weight is 352 g/mol. The van der Waals surface area contributed by atoms with Gasteiger partial charge in [-0.15, -0.1) is 0 Å². The summed E-state index contributed by atoms with van der Waals surface area (Å²) in [6.45, 7) is 5.76. The summed E-state index contributed by atoms with van der Waals surface area (Å²) < 4.78 is 0. The van der Waals surface area contributed by atoms with Crippen LogP contribution in [-0.4, -0.2) is 11.8 Å². The first-order valence-corrected chi connectivity index (χ1v) is 9.12. The van der Waals surface area contributed by atoms with Gasteiger partial charge in [-0.2, -0.15) is 0 Å². The second-order valence-electron chi connectivity index (χ2n) is 7.03. The summed E-state index contributed by atoms with van der Waals surface area (Å²) in [5, 5.41) is 6.03. The lowest BCUT2D eigenvalue weighted by Crippen LogP contribution is -2.34. The minimum absolute atomic E-state index is 0.0301. The Balaban J connectivity index is 2.10. The lowest BCUT2D eigenvalue weighted by Gasteiger charge is -2.23. The van der Waals surface area contributed by atoms with E-state index in [1.165, 1.54) is 6.92 Å². The Kier molecular flexibility index (Phi) is 7.39. The first kappa shape index (κ1) is 19.7. The predicted molar refractivity (Wildman–Crippen MR) is 104 cm³/mol. The molecule has 4 nitrogen and oxygen atoms in total. The summed E-state index contributed by atoms with van der Waals surface area (Å²) in [5.74, 6) is 0.247. The third kappa shape index (κ3) is 6.36. The number of rotatable bonds is 8. The van der Waals surface area contributed by atoms with Crippen LogP contribution in [0.1, 0.15) is 56.8 Å². The Hall–Kier alpha value is -2.62. The van der Waals surface area contributed by atoms with Gasteiger partial charge in [0.1, 0.15) is 0 Å². The van der Waals surface area contributed by atoms with E-state index in [0.717, 1.165) is 17.5 Å². The zero-order valence-corrected chi connectivity index (χ0v) is 15.7. The van der Waals surface area contributed by atoms with Crippen LogP contribution in [0.3, 0.4) is 0 Å². The van der Waals surface area contributed by atoms with Crippen LogP contribution in [0.15, 0.2) is 60.7 Å². The smallest absolute Gasteiger partial charge is 0.222 e. The number of benzene rings is 2. The van der Waals surface area contributed by atoms with Crippen LogP contribution < -0.4 is 10.6 Å². The number of hydrogen-bond acceptors (Lipinski definition) is 2. The molecule has 0 bridgehead atoms. The van der Waals surface area contributed by atoms with Crippen LogP contribution in [-0.2, 0) is 9.59 Å². The van der Waals surface area contributed by atoms with Crippen LogP contribution in [0.5, 0.6) is 0 Å². The maximum atomic E-state index is 12.7. The maximum Gasteiger partial charge on any atom is 0.222 e. The molecule has 26 heavy (non-hydrogen) atoms. The van der Waals surface area contributed by atoms with Crippen molar-refractivity contribution in [2.75, 3.05) is 0 Å². The van der Waals surface area contributed by atoms with Crippen molar-refractivity contribution >= 4 is 11.8 Å². The van der Waals surface area contributed by atoms with Crippen molar-refractivity contribution in [3.05, 3.63) is 71.8 Å². The molecule has 0 aliphatic carbocycles. The second kappa shape index (κ2) is 9.76. The highest BCUT2D eigenvalue weighted by Crippen LogP contribution is 2.23. The molecule has 0 aliphatic rings. The highest BCUT2D eigenvalue weighted by Gasteiger charge is 2.20. The van der Waals surface area contributed by atoms with Crippen LogP contribution >= 0.6 is 0 Å². The van der Waals surface area contributed by atoms with E-state index in [1.807, 2.05) is 60.7 Å². The van der Waals surface area contributed by atoms with Crippen LogP contribution in [0.4, 0.5) is 0 Å². The van der Waals surface area contributed by atoms with Crippen molar-refractivity contribution in [3.63, 3.8) is 0 Å². The van der Waals surface area contributed by atoms with E-state index in [-0.39, 0.29) is 30.3 Å². The zero-order chi connectivity index (χ0) is 18.9. The molecule has 0 saturated heterocycles. The Labute approximate surface area is 156 Å². The van der Waals surface area contributed by atoms with Crippen molar-refractivity contribution in [1.82, 2.24) is 10.6 Å². The second-order valence-corrected chi connectivity index (χ2v) is 7.03. The Morgan fingerprint density at radius 2 is 1.31 bits per heavy atom. The van der Waals surface area contributed by atoms with Crippen LogP contribution in [0, 0.1) is 5.92 Å². The van der Waals surface area contributed by atoms with Gasteiger partial charge in [0.15, 0.2) is 0 Å². The zero-order valence-electron chi connectivity index (χ0n) is 15.7. The first-order chi connectivity index (χ1) is 12.5. The molecule has 0 fully saturated rings. The lowest BCUT2D eigenvalue weighted by molar-refractivity contribution is -0.123. The van der Waals surface area contributed by atoms with Gasteiger partial charge in [-0.05, 0) is 23.5 Å². The van der Waals surface area contributed by atoms with Gasteiger partial charge in [-0.1, -0.05) is 74.5 Å². The van der Waals surface area contributed by atoms with Gasteiger partial charge < -0.3 is 10.6 Å². The van der Waals surface area contributed by atoms with Gasteiger partial charge in [-0.25, -0.2) is 0 Å². The molecular formula is C22H28N2O2. The normalized spacial score (nSPS) is 13.1. The van der Waals surface area contributed by atoms with Gasteiger partial charge >= 0.3 is 0 Å². The number of amides is 2. The van der Waals surface area contributed by atoms with E-state index in [0.29, 0.717) is 5.92 Å². The molecule has 2 unspecified atom stereocenters. The Bertz CT molecular complexity index is 699. The number of nitrogens with one attached hydrogen (secondary N) is 2. The molecule has 0 radical (unpaired) electrons. The minimum Gasteiger partial charge on any atom is -0.349 e. The van der Waals surface area contributed by atoms with Crippen molar-refractivity contribution < 1.29 is 9.59 Å². The first-order valence-electron chi connectivity index (χ1n) is 9.12. The quantitative estimate of drug-likeness (QED) is 0.749. The summed E-state index contributed by atoms with van der Waals surface area (Å²) in [5.41, 5.74) is 2.03. The van der Waals surface area contributed by atoms with Gasteiger partial charge in [0.2, 0.25) is 11.8 Å². The van der Waals surface area contributed by atoms with Crippen LogP contribution in [0.25, 0.3) is 0 Å². The Morgan fingerprint density at radius 3 is 1.77 bits per heavy atom. The van der Waals surface area contributed by atoms with Crippen molar-refractivity contribution in [2.45, 2.75) is 45.7 Å². The number of carbonyl (C=O) groups excluding carboxylic acids is 2. The highest BCUT2D eigenvalue weighted by molar-refractivity contribution is 5.79. The monoisotopic (exact) mass is 352 g/mol. The van der Waals surface area contributed by atoms with Crippen molar-refractivity contribution in [3.8, 4) is 0 Å². The van der Waals surface area contributed by atoms with E-state index in [1.54, 1.807) is 0 Å². The van der Waals surface area contributed by atoms with Gasteiger partial charge in [-0.3, -0.25) is 9.59 Å². The molecule has 2 rings (SSSR count). The largest absolute Gasteiger partial charge is 0.349 e. The Morgan fingerprint density at radius 1 is 0.808 bits per heavy atom. The summed E-state index contributed by atoms with van der Waals surface area (Å²) in [7, 11) is 0. The molecule has 0 heterocycles. The number of carbonyl (C=O) groups is 2. The van der Waals surface area contributed by atoms with Crippen molar-refractivity contribution in [2.24, 2.45) is 5.92 Å². The molecule has 0 saturated carbocycles. The van der Waals surface area contributed by atoms with Gasteiger partial charge in [0.25, 0.3) is 0 Å². The van der Waals surface area contributed by atoms with Gasteiger partial charge in [0.05, 0.1) is 18.5 Å². The average Bonchev–Trinajstić information content (AvgIpc) is 2.61. The summed E-state index contributed by atoms with van der Waals surface area (Å²) in [4.78, 5) is 24.3. The molecule has 0 aromatic heterocycles. The fourth-order valence-corrected chi connectivity index (χ4v) is 3.06. The molecule has 2 N–H and O–H groups in total. The minimum atomic E-state index is -0.329. The van der Waals surface area contributed by atoms with Crippen LogP contribution in [0.2, 0.25) is 0 Å². The molecule has 138 valence electrons. The molecule has 0 aliphatic heterocycles. The fourth-order valence-electron chi connectivity index (χ4n) is 3.06. The molecular weight excluding hydrogens is 324 g/mol. The summed E-state index contributed by atoms with van der Waals surface area (Å²) in [6, 6.07) is 19.3. The predicted octanol–water partition coefficient (Wildman–Crippen LogP) is 4.16. The highest BCUT2D eigenvalue weighted by atomic mass is 16.2. The number of hydrogen-bond donors (Lipinski definition) is 2. The van der Waals surface area contributed by atoms with E-state index in [9.17, 15) is 9.59 Å². The van der Waals surface area contributed by atoms with E-state index >= 15 is 0 Å².